The topological polar surface area (TPSA) is 8.10 Å². The third-order valence-corrected chi connectivity index (χ3v) is 7.99. The first-order valence-corrected chi connectivity index (χ1v) is 16.0. The van der Waals surface area contributed by atoms with Crippen molar-refractivity contribution in [3.63, 3.8) is 0 Å². The van der Waals surface area contributed by atoms with E-state index in [4.69, 9.17) is 0 Å². The molecule has 4 heteroatoms. The van der Waals surface area contributed by atoms with Gasteiger partial charge in [-0.25, -0.2) is 0 Å². The molecule has 0 fully saturated rings. The maximum absolute atomic E-state index is 3.77. The predicted octanol–water partition coefficient (Wildman–Crippen LogP) is 9.83. The molecule has 3 nitrogen and oxygen atoms in total. The maximum atomic E-state index is 3.77. The van der Waals surface area contributed by atoms with Crippen molar-refractivity contribution in [1.29, 1.82) is 0 Å². The first kappa shape index (κ1) is 31.3. The number of hydrogen-bond donors (Lipinski definition) is 0. The summed E-state index contributed by atoms with van der Waals surface area (Å²) in [5.74, 6) is 0. The lowest BCUT2D eigenvalue weighted by molar-refractivity contribution is -0.238. The molecule has 0 bridgehead atoms. The lowest BCUT2D eigenvalue weighted by atomic mass is 10.1. The van der Waals surface area contributed by atoms with Crippen molar-refractivity contribution in [2.24, 2.45) is 0 Å². The van der Waals surface area contributed by atoms with Crippen molar-refractivity contribution in [3.8, 4) is 0 Å². The van der Waals surface area contributed by atoms with Crippen LogP contribution in [0.3, 0.4) is 0 Å². The molecule has 6 rings (SSSR count). The molecule has 6 aromatic carbocycles. The highest BCUT2D eigenvalue weighted by atomic mass is 16.9. The summed E-state index contributed by atoms with van der Waals surface area (Å²) in [5.41, 5.74) is 7.46. The fourth-order valence-corrected chi connectivity index (χ4v) is 5.87. The van der Waals surface area contributed by atoms with Crippen molar-refractivity contribution in [1.82, 2.24) is 0 Å². The molecule has 0 aliphatic carbocycles. The molecule has 0 aliphatic heterocycles. The average molecular weight is 606 g/mol. The fraction of sp³-hybridized carbons (Fsp3) is 0.143. The van der Waals surface area contributed by atoms with Gasteiger partial charge < -0.3 is 12.9 Å². The minimum absolute atomic E-state index is 0.277. The van der Waals surface area contributed by atoms with Gasteiger partial charge in [0.1, 0.15) is 0 Å². The molecule has 0 heterocycles. The molecule has 0 N–H and O–H groups in total. The van der Waals surface area contributed by atoms with Gasteiger partial charge in [-0.2, -0.15) is 0 Å². The Morgan fingerprint density at radius 1 is 0.239 bits per heavy atom. The van der Waals surface area contributed by atoms with Crippen molar-refractivity contribution in [2.75, 3.05) is 0 Å². The Balaban J connectivity index is 1.50. The predicted molar refractivity (Wildman–Crippen MR) is 190 cm³/mol. The van der Waals surface area contributed by atoms with Crippen LogP contribution in [0.5, 0.6) is 0 Å². The van der Waals surface area contributed by atoms with Crippen molar-refractivity contribution in [2.45, 2.75) is 39.6 Å². The zero-order valence-corrected chi connectivity index (χ0v) is 26.4. The van der Waals surface area contributed by atoms with Crippen LogP contribution in [-0.4, -0.2) is 7.32 Å². The van der Waals surface area contributed by atoms with Crippen molar-refractivity contribution in [3.05, 3.63) is 215 Å². The monoisotopic (exact) mass is 605 g/mol. The van der Waals surface area contributed by atoms with E-state index in [9.17, 15) is 0 Å². The van der Waals surface area contributed by atoms with Crippen LogP contribution in [0.4, 0.5) is 0 Å². The van der Waals surface area contributed by atoms with Crippen LogP contribution < -0.4 is 0 Å². The van der Waals surface area contributed by atoms with E-state index in [-0.39, 0.29) is 7.32 Å². The second-order valence-corrected chi connectivity index (χ2v) is 11.7. The van der Waals surface area contributed by atoms with Crippen LogP contribution >= 0.6 is 0 Å². The van der Waals surface area contributed by atoms with Gasteiger partial charge in [-0.05, 0) is 0 Å². The average Bonchev–Trinajstić information content (AvgIpc) is 3.11. The molecular formula is C42H42BO3+3. The second kappa shape index (κ2) is 16.5. The summed E-state index contributed by atoms with van der Waals surface area (Å²) >= 11 is 0. The minimum atomic E-state index is -0.277. The van der Waals surface area contributed by atoms with Crippen LogP contribution in [0.15, 0.2) is 182 Å². The third kappa shape index (κ3) is 9.15. The van der Waals surface area contributed by atoms with Crippen molar-refractivity contribution >= 4 is 7.32 Å². The fourth-order valence-electron chi connectivity index (χ4n) is 5.87. The van der Waals surface area contributed by atoms with Gasteiger partial charge in [0.15, 0.2) is 39.6 Å². The van der Waals surface area contributed by atoms with E-state index in [1.807, 2.05) is 0 Å². The van der Waals surface area contributed by atoms with Gasteiger partial charge in [0.05, 0.1) is 0 Å². The second-order valence-electron chi connectivity index (χ2n) is 11.7. The van der Waals surface area contributed by atoms with E-state index in [0.717, 1.165) is 0 Å². The molecule has 0 aromatic heterocycles. The molecule has 0 saturated carbocycles. The van der Waals surface area contributed by atoms with Crippen LogP contribution in [0.2, 0.25) is 0 Å². The Bertz CT molecular complexity index is 1350. The molecule has 0 radical (unpaired) electrons. The molecule has 0 amide bonds. The van der Waals surface area contributed by atoms with Gasteiger partial charge >= 0.3 is 7.32 Å². The maximum Gasteiger partial charge on any atom is 1.34 e. The highest BCUT2D eigenvalue weighted by Crippen LogP contribution is 2.32. The molecule has 0 aliphatic rings. The first-order valence-electron chi connectivity index (χ1n) is 16.0. The van der Waals surface area contributed by atoms with Gasteiger partial charge in [0, 0.05) is 33.4 Å². The Kier molecular flexibility index (Phi) is 11.2. The summed E-state index contributed by atoms with van der Waals surface area (Å²) in [5, 5.41) is 0. The van der Waals surface area contributed by atoms with Gasteiger partial charge in [0.25, 0.3) is 0 Å². The quantitative estimate of drug-likeness (QED) is 0.0814. The minimum Gasteiger partial charge on any atom is -0.352 e. The lowest BCUT2D eigenvalue weighted by Gasteiger charge is -2.28. The van der Waals surface area contributed by atoms with Gasteiger partial charge in [-0.3, -0.25) is 0 Å². The van der Waals surface area contributed by atoms with E-state index >= 15 is 0 Å². The Labute approximate surface area is 274 Å². The van der Waals surface area contributed by atoms with Gasteiger partial charge in [0.2, 0.25) is 0 Å². The Morgan fingerprint density at radius 3 is 0.543 bits per heavy atom. The highest BCUT2D eigenvalue weighted by Gasteiger charge is 2.75. The zero-order valence-electron chi connectivity index (χ0n) is 26.4. The van der Waals surface area contributed by atoms with E-state index in [0.29, 0.717) is 39.6 Å². The standard InChI is InChI=1S/C42H42BO3/c1-7-19-37(20-8-1)31-44(32-38-21-9-2-10-22-38)43(45(33-39-23-11-3-12-24-39)34-40-25-13-4-14-26-40)46(35-41-27-15-5-16-28-41)36-42-29-17-6-18-30-42/h1-30H,31-36H2/q+3. The smallest absolute Gasteiger partial charge is 0.352 e. The van der Waals surface area contributed by atoms with E-state index in [2.05, 4.69) is 195 Å². The highest BCUT2D eigenvalue weighted by molar-refractivity contribution is 6.39. The first-order chi connectivity index (χ1) is 22.8. The zero-order chi connectivity index (χ0) is 31.2. The number of hydrogen-bond acceptors (Lipinski definition) is 0. The normalized spacial score (nSPS) is 11.3. The summed E-state index contributed by atoms with van der Waals surface area (Å²) in [4.78, 5) is 0. The molecule has 0 atom stereocenters. The van der Waals surface area contributed by atoms with Crippen LogP contribution in [0.1, 0.15) is 33.4 Å². The van der Waals surface area contributed by atoms with Crippen LogP contribution in [-0.2, 0) is 52.5 Å². The summed E-state index contributed by atoms with van der Waals surface area (Å²) in [7, 11) is -0.277. The van der Waals surface area contributed by atoms with Crippen LogP contribution in [0.25, 0.3) is 0 Å². The summed E-state index contributed by atoms with van der Waals surface area (Å²) in [6, 6.07) is 64.7. The summed E-state index contributed by atoms with van der Waals surface area (Å²) in [6.07, 6.45) is 0. The Hall–Kier alpha value is -4.74. The number of rotatable bonds is 15. The van der Waals surface area contributed by atoms with E-state index in [1.54, 1.807) is 0 Å². The molecular weight excluding hydrogens is 563 g/mol. The molecule has 0 saturated heterocycles. The summed E-state index contributed by atoms with van der Waals surface area (Å²) in [6.45, 7) is 4.17. The third-order valence-electron chi connectivity index (χ3n) is 7.99. The molecule has 228 valence electrons. The van der Waals surface area contributed by atoms with Gasteiger partial charge in [-0.15, -0.1) is 0 Å². The van der Waals surface area contributed by atoms with Gasteiger partial charge in [-0.1, -0.05) is 182 Å². The number of benzene rings is 6. The SMILES string of the molecule is c1ccc(C[O+](Cc2ccccc2)B([O+](Cc2ccccc2)Cc2ccccc2)[O+](Cc2ccccc2)Cc2ccccc2)cc1. The molecule has 0 unspecified atom stereocenters. The Morgan fingerprint density at radius 2 is 0.391 bits per heavy atom. The molecule has 46 heavy (non-hydrogen) atoms. The molecule has 6 aromatic rings. The van der Waals surface area contributed by atoms with E-state index in [1.165, 1.54) is 33.4 Å². The summed E-state index contributed by atoms with van der Waals surface area (Å²) < 4.78 is 11.3. The van der Waals surface area contributed by atoms with Crippen LogP contribution in [0, 0.1) is 0 Å². The largest absolute Gasteiger partial charge is 1.34 e. The molecule has 0 spiro atoms. The van der Waals surface area contributed by atoms with E-state index < -0.39 is 0 Å². The van der Waals surface area contributed by atoms with Crippen molar-refractivity contribution < 1.29 is 12.9 Å². The lowest BCUT2D eigenvalue weighted by Crippen LogP contribution is -2.50.